The topological polar surface area (TPSA) is 49.6 Å². The average Bonchev–Trinajstić information content (AvgIpc) is 2.47. The van der Waals surface area contributed by atoms with E-state index in [0.29, 0.717) is 12.6 Å². The van der Waals surface area contributed by atoms with E-state index < -0.39 is 0 Å². The van der Waals surface area contributed by atoms with Crippen LogP contribution in [0.2, 0.25) is 0 Å². The predicted molar refractivity (Wildman–Crippen MR) is 81.8 cm³/mol. The highest BCUT2D eigenvalue weighted by Gasteiger charge is 2.24. The fraction of sp³-hybridized carbons (Fsp3) is 0.562. The first-order valence-corrected chi connectivity index (χ1v) is 7.36. The van der Waals surface area contributed by atoms with Gasteiger partial charge < -0.3 is 15.5 Å². The number of hydrogen-bond acceptors (Lipinski definition) is 3. The summed E-state index contributed by atoms with van der Waals surface area (Å²) in [7, 11) is 4.22. The van der Waals surface area contributed by atoms with Crippen molar-refractivity contribution in [2.75, 3.05) is 33.7 Å². The molecular weight excluding hydrogens is 250 g/mol. The standard InChI is InChI=1S/C16H25N3O/c1-18(2)15-7-10-19(11-8-15)16(20)14-5-3-4-13(12-14)6-9-17/h3-5,12,15H,6-11,17H2,1-2H3. The molecule has 4 nitrogen and oxygen atoms in total. The van der Waals surface area contributed by atoms with E-state index in [-0.39, 0.29) is 5.91 Å². The molecule has 1 aliphatic rings. The Kier molecular flexibility index (Phi) is 5.15. The van der Waals surface area contributed by atoms with Crippen LogP contribution in [0.1, 0.15) is 28.8 Å². The summed E-state index contributed by atoms with van der Waals surface area (Å²) in [5, 5.41) is 0. The summed E-state index contributed by atoms with van der Waals surface area (Å²) >= 11 is 0. The highest BCUT2D eigenvalue weighted by atomic mass is 16.2. The normalized spacial score (nSPS) is 16.7. The molecule has 1 aromatic carbocycles. The van der Waals surface area contributed by atoms with E-state index >= 15 is 0 Å². The Morgan fingerprint density at radius 2 is 2.05 bits per heavy atom. The maximum Gasteiger partial charge on any atom is 0.253 e. The van der Waals surface area contributed by atoms with Crippen LogP contribution in [0, 0.1) is 0 Å². The van der Waals surface area contributed by atoms with Gasteiger partial charge in [0.25, 0.3) is 5.91 Å². The Balaban J connectivity index is 2.00. The van der Waals surface area contributed by atoms with E-state index in [9.17, 15) is 4.79 Å². The second-order valence-electron chi connectivity index (χ2n) is 5.73. The van der Waals surface area contributed by atoms with E-state index in [1.165, 1.54) is 0 Å². The molecule has 0 aromatic heterocycles. The largest absolute Gasteiger partial charge is 0.339 e. The maximum absolute atomic E-state index is 12.5. The number of amides is 1. The monoisotopic (exact) mass is 275 g/mol. The van der Waals surface area contributed by atoms with Gasteiger partial charge in [-0.15, -0.1) is 0 Å². The number of carbonyl (C=O) groups excluding carboxylic acids is 1. The fourth-order valence-corrected chi connectivity index (χ4v) is 2.79. The van der Waals surface area contributed by atoms with Crippen LogP contribution >= 0.6 is 0 Å². The minimum Gasteiger partial charge on any atom is -0.339 e. The van der Waals surface area contributed by atoms with E-state index in [4.69, 9.17) is 5.73 Å². The molecule has 2 rings (SSSR count). The van der Waals surface area contributed by atoms with Crippen molar-refractivity contribution in [3.8, 4) is 0 Å². The minimum atomic E-state index is 0.154. The van der Waals surface area contributed by atoms with E-state index in [1.807, 2.05) is 29.2 Å². The van der Waals surface area contributed by atoms with Crippen molar-refractivity contribution in [2.45, 2.75) is 25.3 Å². The molecule has 4 heteroatoms. The third-order valence-corrected chi connectivity index (χ3v) is 4.09. The van der Waals surface area contributed by atoms with Crippen molar-refractivity contribution < 1.29 is 4.79 Å². The molecule has 1 amide bonds. The summed E-state index contributed by atoms with van der Waals surface area (Å²) in [6.45, 7) is 2.32. The van der Waals surface area contributed by atoms with Gasteiger partial charge in [0.05, 0.1) is 0 Å². The summed E-state index contributed by atoms with van der Waals surface area (Å²) < 4.78 is 0. The van der Waals surface area contributed by atoms with Crippen molar-refractivity contribution in [1.29, 1.82) is 0 Å². The molecule has 1 aromatic rings. The van der Waals surface area contributed by atoms with E-state index in [0.717, 1.165) is 43.5 Å². The summed E-state index contributed by atoms with van der Waals surface area (Å²) in [5.74, 6) is 0.154. The zero-order chi connectivity index (χ0) is 14.5. The van der Waals surface area contributed by atoms with Crippen molar-refractivity contribution in [1.82, 2.24) is 9.80 Å². The molecule has 0 atom stereocenters. The summed E-state index contributed by atoms with van der Waals surface area (Å²) in [5.41, 5.74) is 7.50. The third kappa shape index (κ3) is 3.58. The van der Waals surface area contributed by atoms with Crippen LogP contribution in [0.3, 0.4) is 0 Å². The van der Waals surface area contributed by atoms with Crippen LogP contribution in [0.25, 0.3) is 0 Å². The lowest BCUT2D eigenvalue weighted by Crippen LogP contribution is -2.44. The van der Waals surface area contributed by atoms with Gasteiger partial charge >= 0.3 is 0 Å². The lowest BCUT2D eigenvalue weighted by Gasteiger charge is -2.35. The van der Waals surface area contributed by atoms with Crippen LogP contribution in [-0.4, -0.2) is 55.5 Å². The molecule has 0 aliphatic carbocycles. The molecule has 0 spiro atoms. The summed E-state index contributed by atoms with van der Waals surface area (Å²) in [4.78, 5) is 16.7. The van der Waals surface area contributed by atoms with Gasteiger partial charge in [0.2, 0.25) is 0 Å². The zero-order valence-electron chi connectivity index (χ0n) is 12.5. The van der Waals surface area contributed by atoms with Gasteiger partial charge in [0.1, 0.15) is 0 Å². The SMILES string of the molecule is CN(C)C1CCN(C(=O)c2cccc(CCN)c2)CC1. The van der Waals surface area contributed by atoms with Gasteiger partial charge in [-0.3, -0.25) is 4.79 Å². The average molecular weight is 275 g/mol. The Morgan fingerprint density at radius 1 is 1.35 bits per heavy atom. The highest BCUT2D eigenvalue weighted by molar-refractivity contribution is 5.94. The van der Waals surface area contributed by atoms with Crippen molar-refractivity contribution >= 4 is 5.91 Å². The quantitative estimate of drug-likeness (QED) is 0.902. The van der Waals surface area contributed by atoms with Crippen molar-refractivity contribution in [2.24, 2.45) is 5.73 Å². The molecule has 1 heterocycles. The number of hydrogen-bond donors (Lipinski definition) is 1. The van der Waals surface area contributed by atoms with E-state index in [1.54, 1.807) is 0 Å². The van der Waals surface area contributed by atoms with Crippen LogP contribution in [0.5, 0.6) is 0 Å². The predicted octanol–water partition coefficient (Wildman–Crippen LogP) is 1.35. The molecule has 0 unspecified atom stereocenters. The van der Waals surface area contributed by atoms with E-state index in [2.05, 4.69) is 19.0 Å². The summed E-state index contributed by atoms with van der Waals surface area (Å²) in [6.07, 6.45) is 2.94. The molecule has 1 aliphatic heterocycles. The number of likely N-dealkylation sites (tertiary alicyclic amines) is 1. The highest BCUT2D eigenvalue weighted by Crippen LogP contribution is 2.17. The molecule has 1 saturated heterocycles. The third-order valence-electron chi connectivity index (χ3n) is 4.09. The van der Waals surface area contributed by atoms with Gasteiger partial charge in [-0.2, -0.15) is 0 Å². The second-order valence-corrected chi connectivity index (χ2v) is 5.73. The van der Waals surface area contributed by atoms with Crippen LogP contribution in [0.15, 0.2) is 24.3 Å². The van der Waals surface area contributed by atoms with Crippen molar-refractivity contribution in [3.63, 3.8) is 0 Å². The molecule has 1 fully saturated rings. The minimum absolute atomic E-state index is 0.154. The number of benzene rings is 1. The van der Waals surface area contributed by atoms with Crippen LogP contribution in [0.4, 0.5) is 0 Å². The van der Waals surface area contributed by atoms with Gasteiger partial charge in [0, 0.05) is 24.7 Å². The number of piperidine rings is 1. The van der Waals surface area contributed by atoms with Crippen LogP contribution in [-0.2, 0) is 6.42 Å². The lowest BCUT2D eigenvalue weighted by molar-refractivity contribution is 0.0663. The molecular formula is C16H25N3O. The molecule has 2 N–H and O–H groups in total. The Hall–Kier alpha value is -1.39. The molecule has 20 heavy (non-hydrogen) atoms. The molecule has 0 saturated carbocycles. The number of nitrogens with zero attached hydrogens (tertiary/aromatic N) is 2. The Bertz CT molecular complexity index is 451. The zero-order valence-corrected chi connectivity index (χ0v) is 12.5. The molecule has 0 radical (unpaired) electrons. The molecule has 110 valence electrons. The number of carbonyl (C=O) groups is 1. The first-order valence-electron chi connectivity index (χ1n) is 7.36. The van der Waals surface area contributed by atoms with Gasteiger partial charge in [0.15, 0.2) is 0 Å². The van der Waals surface area contributed by atoms with Crippen molar-refractivity contribution in [3.05, 3.63) is 35.4 Å². The Morgan fingerprint density at radius 3 is 2.65 bits per heavy atom. The summed E-state index contributed by atoms with van der Waals surface area (Å²) in [6, 6.07) is 8.46. The smallest absolute Gasteiger partial charge is 0.253 e. The maximum atomic E-state index is 12.5. The Labute approximate surface area is 121 Å². The fourth-order valence-electron chi connectivity index (χ4n) is 2.79. The first-order chi connectivity index (χ1) is 9.61. The van der Waals surface area contributed by atoms with Gasteiger partial charge in [-0.1, -0.05) is 12.1 Å². The van der Waals surface area contributed by atoms with Crippen LogP contribution < -0.4 is 5.73 Å². The molecule has 0 bridgehead atoms. The van der Waals surface area contributed by atoms with Gasteiger partial charge in [-0.25, -0.2) is 0 Å². The lowest BCUT2D eigenvalue weighted by atomic mass is 10.0. The second kappa shape index (κ2) is 6.86. The number of nitrogens with two attached hydrogens (primary N) is 1. The number of rotatable bonds is 4. The first kappa shape index (κ1) is 15.0. The van der Waals surface area contributed by atoms with Gasteiger partial charge in [-0.05, 0) is 57.6 Å².